The maximum atomic E-state index is 13.0. The minimum atomic E-state index is -4.37. The molecule has 0 unspecified atom stereocenters. The topological polar surface area (TPSA) is 77.6 Å². The Bertz CT molecular complexity index is 1020. The highest BCUT2D eigenvalue weighted by atomic mass is 19.4. The predicted octanol–water partition coefficient (Wildman–Crippen LogP) is 2.57. The molecule has 35 heavy (non-hydrogen) atoms. The first-order valence-corrected chi connectivity index (χ1v) is 11.8. The number of halogens is 3. The van der Waals surface area contributed by atoms with Gasteiger partial charge in [-0.1, -0.05) is 18.2 Å². The third kappa shape index (κ3) is 6.18. The fourth-order valence-corrected chi connectivity index (χ4v) is 4.95. The van der Waals surface area contributed by atoms with Crippen molar-refractivity contribution in [2.24, 2.45) is 0 Å². The maximum Gasteiger partial charge on any atom is 0.416 e. The normalized spacial score (nSPS) is 23.4. The van der Waals surface area contributed by atoms with Gasteiger partial charge in [-0.2, -0.15) is 13.2 Å². The number of hydrogen-bond donors (Lipinski definition) is 2. The van der Waals surface area contributed by atoms with Crippen LogP contribution in [0.5, 0.6) is 0 Å². The van der Waals surface area contributed by atoms with E-state index in [4.69, 9.17) is 0 Å². The molecule has 2 fully saturated rings. The van der Waals surface area contributed by atoms with E-state index in [-0.39, 0.29) is 29.9 Å². The lowest BCUT2D eigenvalue weighted by Gasteiger charge is -2.33. The fourth-order valence-electron chi connectivity index (χ4n) is 4.95. The quantitative estimate of drug-likeness (QED) is 0.625. The van der Waals surface area contributed by atoms with Gasteiger partial charge in [0, 0.05) is 57.1 Å². The molecule has 2 aromatic rings. The number of nitrogens with one attached hydrogen (secondary N) is 2. The van der Waals surface area contributed by atoms with E-state index in [0.29, 0.717) is 39.0 Å². The van der Waals surface area contributed by atoms with Crippen LogP contribution in [0.4, 0.5) is 13.2 Å². The highest BCUT2D eigenvalue weighted by molar-refractivity contribution is 5.83. The third-order valence-corrected chi connectivity index (χ3v) is 6.93. The predicted molar refractivity (Wildman–Crippen MR) is 124 cm³/mol. The van der Waals surface area contributed by atoms with Crippen LogP contribution in [0.2, 0.25) is 0 Å². The Hall–Kier alpha value is -2.98. The second kappa shape index (κ2) is 10.7. The zero-order chi connectivity index (χ0) is 25.0. The molecule has 0 bridgehead atoms. The molecule has 3 heterocycles. The number of benzene rings is 1. The van der Waals surface area contributed by atoms with Crippen molar-refractivity contribution in [3.05, 3.63) is 65.5 Å². The lowest BCUT2D eigenvalue weighted by molar-refractivity contribution is -0.137. The third-order valence-electron chi connectivity index (χ3n) is 6.93. The van der Waals surface area contributed by atoms with Crippen molar-refractivity contribution in [1.82, 2.24) is 25.4 Å². The fraction of sp³-hybridized carbons (Fsp3) is 0.480. The number of fused-ring (bicyclic) bond motifs is 1. The number of alkyl halides is 3. The van der Waals surface area contributed by atoms with E-state index in [1.54, 1.807) is 12.4 Å². The summed E-state index contributed by atoms with van der Waals surface area (Å²) in [6.07, 6.45) is 0.758. The van der Waals surface area contributed by atoms with Crippen LogP contribution in [-0.2, 0) is 28.9 Å². The van der Waals surface area contributed by atoms with Gasteiger partial charge in [-0.15, -0.1) is 0 Å². The van der Waals surface area contributed by atoms with Gasteiger partial charge in [0.25, 0.3) is 0 Å². The van der Waals surface area contributed by atoms with Gasteiger partial charge in [0.05, 0.1) is 5.56 Å². The van der Waals surface area contributed by atoms with E-state index in [1.807, 2.05) is 24.1 Å². The minimum Gasteiger partial charge on any atom is -0.353 e. The second-order valence-electron chi connectivity index (χ2n) is 9.21. The first-order chi connectivity index (χ1) is 16.7. The SMILES string of the molecule is CN1[C@@H](CCC(=O)NCc2cccnc2)CNC(=O)[C@@H]2[C@@H]1CCN2Cc1ccc(C(F)(F)F)cc1. The zero-order valence-electron chi connectivity index (χ0n) is 19.6. The van der Waals surface area contributed by atoms with Crippen molar-refractivity contribution in [1.29, 1.82) is 0 Å². The van der Waals surface area contributed by atoms with Gasteiger partial charge < -0.3 is 10.6 Å². The van der Waals surface area contributed by atoms with Crippen LogP contribution in [0.3, 0.4) is 0 Å². The van der Waals surface area contributed by atoms with Gasteiger partial charge in [-0.25, -0.2) is 0 Å². The molecule has 2 amide bonds. The van der Waals surface area contributed by atoms with Crippen LogP contribution in [0.1, 0.15) is 36.0 Å². The second-order valence-corrected chi connectivity index (χ2v) is 9.21. The van der Waals surface area contributed by atoms with Gasteiger partial charge >= 0.3 is 6.18 Å². The largest absolute Gasteiger partial charge is 0.416 e. The monoisotopic (exact) mass is 489 g/mol. The van der Waals surface area contributed by atoms with Crippen LogP contribution >= 0.6 is 0 Å². The molecule has 7 nitrogen and oxygen atoms in total. The summed E-state index contributed by atoms with van der Waals surface area (Å²) in [5.74, 6) is -0.125. The highest BCUT2D eigenvalue weighted by Crippen LogP contribution is 2.31. The van der Waals surface area contributed by atoms with Crippen LogP contribution in [-0.4, -0.2) is 64.9 Å². The average Bonchev–Trinajstić information content (AvgIpc) is 3.21. The van der Waals surface area contributed by atoms with Crippen LogP contribution in [0.15, 0.2) is 48.8 Å². The van der Waals surface area contributed by atoms with Crippen molar-refractivity contribution >= 4 is 11.8 Å². The Morgan fingerprint density at radius 2 is 1.97 bits per heavy atom. The van der Waals surface area contributed by atoms with E-state index in [0.717, 1.165) is 29.7 Å². The Labute approximate surface area is 202 Å². The van der Waals surface area contributed by atoms with E-state index in [2.05, 4.69) is 20.5 Å². The molecule has 2 aliphatic rings. The smallest absolute Gasteiger partial charge is 0.353 e. The van der Waals surface area contributed by atoms with Gasteiger partial charge in [0.2, 0.25) is 11.8 Å². The number of carbonyl (C=O) groups excluding carboxylic acids is 2. The molecule has 1 aromatic heterocycles. The molecule has 4 rings (SSSR count). The number of pyridine rings is 1. The number of carbonyl (C=O) groups is 2. The minimum absolute atomic E-state index is 0.0177. The van der Waals surface area contributed by atoms with Crippen LogP contribution < -0.4 is 10.6 Å². The van der Waals surface area contributed by atoms with Gasteiger partial charge in [0.1, 0.15) is 6.04 Å². The molecule has 2 aliphatic heterocycles. The summed E-state index contributed by atoms with van der Waals surface area (Å²) in [6, 6.07) is 8.45. The Morgan fingerprint density at radius 3 is 2.66 bits per heavy atom. The molecular formula is C25H30F3N5O2. The molecule has 1 aromatic carbocycles. The standard InChI is InChI=1S/C25H30F3N5O2/c1-32-20(8-9-22(34)30-14-18-3-2-11-29-13-18)15-31-24(35)23-21(32)10-12-33(23)16-17-4-6-19(7-5-17)25(26,27)28/h2-7,11,13,20-21,23H,8-10,12,14-16H2,1H3,(H,30,34)(H,31,35)/t20-,21-,23-/m0/s1. The summed E-state index contributed by atoms with van der Waals surface area (Å²) in [7, 11) is 1.98. The number of likely N-dealkylation sites (N-methyl/N-ethyl adjacent to an activating group) is 1. The number of rotatable bonds is 7. The van der Waals surface area contributed by atoms with E-state index < -0.39 is 11.7 Å². The molecular weight excluding hydrogens is 459 g/mol. The Balaban J connectivity index is 1.33. The van der Waals surface area contributed by atoms with E-state index >= 15 is 0 Å². The molecule has 2 N–H and O–H groups in total. The van der Waals surface area contributed by atoms with Crippen LogP contribution in [0, 0.1) is 0 Å². The van der Waals surface area contributed by atoms with Crippen molar-refractivity contribution < 1.29 is 22.8 Å². The van der Waals surface area contributed by atoms with Gasteiger partial charge in [0.15, 0.2) is 0 Å². The Morgan fingerprint density at radius 1 is 1.20 bits per heavy atom. The average molecular weight is 490 g/mol. The lowest BCUT2D eigenvalue weighted by atomic mass is 10.0. The number of likely N-dealkylation sites (tertiary alicyclic amines) is 1. The van der Waals surface area contributed by atoms with Crippen molar-refractivity contribution in [3.63, 3.8) is 0 Å². The maximum absolute atomic E-state index is 13.0. The van der Waals surface area contributed by atoms with Gasteiger partial charge in [-0.05, 0) is 49.2 Å². The summed E-state index contributed by atoms with van der Waals surface area (Å²) in [5.41, 5.74) is 0.988. The van der Waals surface area contributed by atoms with Gasteiger partial charge in [-0.3, -0.25) is 24.4 Å². The molecule has 0 saturated carbocycles. The lowest BCUT2D eigenvalue weighted by Crippen LogP contribution is -2.49. The van der Waals surface area contributed by atoms with Crippen LogP contribution in [0.25, 0.3) is 0 Å². The summed E-state index contributed by atoms with van der Waals surface area (Å²) in [5, 5.41) is 5.92. The number of amides is 2. The van der Waals surface area contributed by atoms with Crippen molar-refractivity contribution in [2.45, 2.75) is 56.7 Å². The first kappa shape index (κ1) is 25.1. The molecule has 0 spiro atoms. The van der Waals surface area contributed by atoms with E-state index in [1.165, 1.54) is 12.1 Å². The number of aromatic nitrogens is 1. The summed E-state index contributed by atoms with van der Waals surface area (Å²) in [4.78, 5) is 33.6. The zero-order valence-corrected chi connectivity index (χ0v) is 19.6. The molecule has 10 heteroatoms. The highest BCUT2D eigenvalue weighted by Gasteiger charge is 2.45. The van der Waals surface area contributed by atoms with Crippen molar-refractivity contribution in [2.75, 3.05) is 20.1 Å². The molecule has 0 aliphatic carbocycles. The number of hydrogen-bond acceptors (Lipinski definition) is 5. The molecule has 0 radical (unpaired) electrons. The van der Waals surface area contributed by atoms with Crippen molar-refractivity contribution in [3.8, 4) is 0 Å². The first-order valence-electron chi connectivity index (χ1n) is 11.8. The number of nitrogens with zero attached hydrogens (tertiary/aromatic N) is 3. The molecule has 188 valence electrons. The summed E-state index contributed by atoms with van der Waals surface area (Å²) in [6.45, 7) is 1.95. The summed E-state index contributed by atoms with van der Waals surface area (Å²) < 4.78 is 38.6. The van der Waals surface area contributed by atoms with E-state index in [9.17, 15) is 22.8 Å². The molecule has 3 atom stereocenters. The Kier molecular flexibility index (Phi) is 7.71. The molecule has 2 saturated heterocycles. The summed E-state index contributed by atoms with van der Waals surface area (Å²) >= 11 is 0.